The van der Waals surface area contributed by atoms with Gasteiger partial charge in [0.2, 0.25) is 0 Å². The van der Waals surface area contributed by atoms with E-state index in [1.54, 1.807) is 0 Å². The van der Waals surface area contributed by atoms with Gasteiger partial charge in [-0.3, -0.25) is 10.1 Å². The van der Waals surface area contributed by atoms with Gasteiger partial charge >= 0.3 is 0 Å². The normalized spacial score (nSPS) is 9.62. The van der Waals surface area contributed by atoms with Crippen molar-refractivity contribution >= 4 is 34.5 Å². The standard InChI is InChI=1S/C7H5ClN2O2S/c8-6-3-4(10(11)12)1-2-5(6)7(9)13/h1-3H,(H2,9,13). The van der Waals surface area contributed by atoms with Crippen LogP contribution in [0.2, 0.25) is 5.02 Å². The number of benzene rings is 1. The fourth-order valence-electron chi connectivity index (χ4n) is 0.817. The van der Waals surface area contributed by atoms with E-state index in [4.69, 9.17) is 17.3 Å². The predicted octanol–water partition coefficient (Wildman–Crippen LogP) is 1.88. The van der Waals surface area contributed by atoms with E-state index in [0.29, 0.717) is 5.56 Å². The Bertz CT molecular complexity index is 381. The Morgan fingerprint density at radius 3 is 2.62 bits per heavy atom. The Kier molecular flexibility index (Phi) is 2.79. The smallest absolute Gasteiger partial charge is 0.270 e. The fraction of sp³-hybridized carbons (Fsp3) is 0. The first-order chi connectivity index (χ1) is 6.02. The summed E-state index contributed by atoms with van der Waals surface area (Å²) in [5.74, 6) is 0. The number of nitrogens with two attached hydrogens (primary N) is 1. The van der Waals surface area contributed by atoms with E-state index in [1.807, 2.05) is 0 Å². The molecule has 0 aliphatic heterocycles. The summed E-state index contributed by atoms with van der Waals surface area (Å²) in [6.45, 7) is 0. The lowest BCUT2D eigenvalue weighted by molar-refractivity contribution is -0.384. The van der Waals surface area contributed by atoms with Crippen molar-refractivity contribution in [2.45, 2.75) is 0 Å². The topological polar surface area (TPSA) is 69.2 Å². The van der Waals surface area contributed by atoms with E-state index in [-0.39, 0.29) is 15.7 Å². The van der Waals surface area contributed by atoms with E-state index in [9.17, 15) is 10.1 Å². The van der Waals surface area contributed by atoms with E-state index >= 15 is 0 Å². The first-order valence-electron chi connectivity index (χ1n) is 3.26. The lowest BCUT2D eigenvalue weighted by atomic mass is 10.2. The molecule has 0 saturated carbocycles. The summed E-state index contributed by atoms with van der Waals surface area (Å²) < 4.78 is 0. The van der Waals surface area contributed by atoms with Crippen LogP contribution in [0.4, 0.5) is 5.69 Å². The highest BCUT2D eigenvalue weighted by Crippen LogP contribution is 2.21. The summed E-state index contributed by atoms with van der Waals surface area (Å²) in [5.41, 5.74) is 5.69. The van der Waals surface area contributed by atoms with Gasteiger partial charge in [0.15, 0.2) is 0 Å². The Morgan fingerprint density at radius 2 is 2.23 bits per heavy atom. The number of nitro groups is 1. The summed E-state index contributed by atoms with van der Waals surface area (Å²) in [4.78, 5) is 9.91. The monoisotopic (exact) mass is 216 g/mol. The van der Waals surface area contributed by atoms with Gasteiger partial charge in [-0.1, -0.05) is 23.8 Å². The molecular formula is C7H5ClN2O2S. The summed E-state index contributed by atoms with van der Waals surface area (Å²) in [7, 11) is 0. The first-order valence-corrected chi connectivity index (χ1v) is 4.04. The molecule has 1 rings (SSSR count). The average Bonchev–Trinajstić information content (AvgIpc) is 2.03. The van der Waals surface area contributed by atoms with Crippen LogP contribution in [0.5, 0.6) is 0 Å². The Labute approximate surface area is 84.5 Å². The van der Waals surface area contributed by atoms with E-state index in [0.717, 1.165) is 0 Å². The van der Waals surface area contributed by atoms with Gasteiger partial charge in [-0.2, -0.15) is 0 Å². The van der Waals surface area contributed by atoms with E-state index in [1.165, 1.54) is 18.2 Å². The van der Waals surface area contributed by atoms with Gasteiger partial charge in [0.25, 0.3) is 5.69 Å². The zero-order valence-electron chi connectivity index (χ0n) is 6.36. The van der Waals surface area contributed by atoms with Crippen LogP contribution in [0, 0.1) is 10.1 Å². The molecule has 0 heterocycles. The van der Waals surface area contributed by atoms with Gasteiger partial charge < -0.3 is 5.73 Å². The molecule has 0 spiro atoms. The van der Waals surface area contributed by atoms with Gasteiger partial charge in [-0.05, 0) is 6.07 Å². The molecule has 0 saturated heterocycles. The SMILES string of the molecule is NC(=S)c1ccc([N+](=O)[O-])cc1Cl. The van der Waals surface area contributed by atoms with Crippen LogP contribution in [0.1, 0.15) is 5.56 Å². The highest BCUT2D eigenvalue weighted by Gasteiger charge is 2.10. The molecule has 1 aromatic rings. The molecule has 0 radical (unpaired) electrons. The maximum Gasteiger partial charge on any atom is 0.270 e. The predicted molar refractivity (Wildman–Crippen MR) is 54.0 cm³/mol. The lowest BCUT2D eigenvalue weighted by Gasteiger charge is -2.00. The Balaban J connectivity index is 3.20. The second kappa shape index (κ2) is 3.68. The number of hydrogen-bond acceptors (Lipinski definition) is 3. The maximum atomic E-state index is 10.3. The van der Waals surface area contributed by atoms with Crippen LogP contribution < -0.4 is 5.73 Å². The lowest BCUT2D eigenvalue weighted by Crippen LogP contribution is -2.09. The molecule has 0 fully saturated rings. The largest absolute Gasteiger partial charge is 0.389 e. The van der Waals surface area contributed by atoms with Crippen molar-refractivity contribution in [1.82, 2.24) is 0 Å². The van der Waals surface area contributed by atoms with Gasteiger partial charge in [-0.25, -0.2) is 0 Å². The third-order valence-electron chi connectivity index (χ3n) is 1.43. The van der Waals surface area contributed by atoms with Crippen LogP contribution in [0.15, 0.2) is 18.2 Å². The van der Waals surface area contributed by atoms with Crippen molar-refractivity contribution in [2.24, 2.45) is 5.73 Å². The van der Waals surface area contributed by atoms with E-state index in [2.05, 4.69) is 12.2 Å². The number of halogens is 1. The van der Waals surface area contributed by atoms with Crippen LogP contribution in [-0.4, -0.2) is 9.91 Å². The van der Waals surface area contributed by atoms with E-state index < -0.39 is 4.92 Å². The van der Waals surface area contributed by atoms with Gasteiger partial charge in [0, 0.05) is 17.7 Å². The van der Waals surface area contributed by atoms with Crippen molar-refractivity contribution in [2.75, 3.05) is 0 Å². The second-order valence-electron chi connectivity index (χ2n) is 2.29. The minimum atomic E-state index is -0.533. The number of hydrogen-bond donors (Lipinski definition) is 1. The average molecular weight is 217 g/mol. The number of rotatable bonds is 2. The van der Waals surface area contributed by atoms with Crippen LogP contribution >= 0.6 is 23.8 Å². The third kappa shape index (κ3) is 2.13. The molecule has 0 aliphatic rings. The van der Waals surface area contributed by atoms with Gasteiger partial charge in [0.1, 0.15) is 4.99 Å². The summed E-state index contributed by atoms with van der Waals surface area (Å²) >= 11 is 10.4. The summed E-state index contributed by atoms with van der Waals surface area (Å²) in [5, 5.41) is 10.5. The highest BCUT2D eigenvalue weighted by atomic mass is 35.5. The van der Waals surface area contributed by atoms with Crippen molar-refractivity contribution in [3.63, 3.8) is 0 Å². The Morgan fingerprint density at radius 1 is 1.62 bits per heavy atom. The van der Waals surface area contributed by atoms with Crippen molar-refractivity contribution < 1.29 is 4.92 Å². The van der Waals surface area contributed by atoms with Crippen molar-refractivity contribution in [3.05, 3.63) is 38.9 Å². The fourth-order valence-corrected chi connectivity index (χ4v) is 1.33. The minimum Gasteiger partial charge on any atom is -0.389 e. The number of thiocarbonyl (C=S) groups is 1. The van der Waals surface area contributed by atoms with Gasteiger partial charge in [-0.15, -0.1) is 0 Å². The molecule has 1 aromatic carbocycles. The molecule has 68 valence electrons. The molecule has 6 heteroatoms. The number of nitro benzene ring substituents is 1. The number of non-ortho nitro benzene ring substituents is 1. The first kappa shape index (κ1) is 9.88. The third-order valence-corrected chi connectivity index (χ3v) is 1.96. The highest BCUT2D eigenvalue weighted by molar-refractivity contribution is 7.80. The maximum absolute atomic E-state index is 10.3. The molecule has 0 aromatic heterocycles. The summed E-state index contributed by atoms with van der Waals surface area (Å²) in [6, 6.07) is 3.96. The molecule has 4 nitrogen and oxygen atoms in total. The molecule has 0 bridgehead atoms. The second-order valence-corrected chi connectivity index (χ2v) is 3.13. The molecule has 0 amide bonds. The molecule has 0 aliphatic carbocycles. The zero-order chi connectivity index (χ0) is 10.0. The minimum absolute atomic E-state index is 0.0787. The molecule has 2 N–H and O–H groups in total. The molecule has 0 atom stereocenters. The zero-order valence-corrected chi connectivity index (χ0v) is 7.93. The van der Waals surface area contributed by atoms with Crippen LogP contribution in [0.25, 0.3) is 0 Å². The molecule has 13 heavy (non-hydrogen) atoms. The molecule has 0 unspecified atom stereocenters. The number of nitrogens with zero attached hydrogens (tertiary/aromatic N) is 1. The van der Waals surface area contributed by atoms with Crippen LogP contribution in [-0.2, 0) is 0 Å². The van der Waals surface area contributed by atoms with Crippen molar-refractivity contribution in [3.8, 4) is 0 Å². The summed E-state index contributed by atoms with van der Waals surface area (Å²) in [6.07, 6.45) is 0. The Hall–Kier alpha value is -1.20. The van der Waals surface area contributed by atoms with Gasteiger partial charge in [0.05, 0.1) is 9.95 Å². The van der Waals surface area contributed by atoms with Crippen molar-refractivity contribution in [1.29, 1.82) is 0 Å². The molecular weight excluding hydrogens is 212 g/mol. The van der Waals surface area contributed by atoms with Crippen LogP contribution in [0.3, 0.4) is 0 Å². The quantitative estimate of drug-likeness (QED) is 0.466.